The molecule has 0 aromatic carbocycles. The Labute approximate surface area is 74.6 Å². The van der Waals surface area contributed by atoms with Gasteiger partial charge in [0, 0.05) is 0 Å². The molecule has 8 heteroatoms. The molecule has 0 saturated carbocycles. The van der Waals surface area contributed by atoms with E-state index in [-0.39, 0.29) is 23.5 Å². The number of hydrogen-bond acceptors (Lipinski definition) is 2. The molecule has 0 heterocycles. The highest BCUT2D eigenvalue weighted by atomic mass is 31.2. The lowest BCUT2D eigenvalue weighted by Gasteiger charge is -2.09. The van der Waals surface area contributed by atoms with Crippen LogP contribution in [-0.2, 0) is 9.13 Å². The molecule has 4 N–H and O–H groups in total. The molecule has 1 rings (SSSR count). The smallest absolute Gasteiger partial charge is 0.321 e. The van der Waals surface area contributed by atoms with Gasteiger partial charge in [-0.25, -0.2) is 0 Å². The van der Waals surface area contributed by atoms with Crippen molar-refractivity contribution in [2.24, 2.45) is 0 Å². The molecular weight excluding hydrogens is 218 g/mol. The SMILES string of the molecule is O=P(O)(O)C1=C(P(=O)(O)O)CCC1. The first-order chi connectivity index (χ1) is 5.73. The van der Waals surface area contributed by atoms with Crippen LogP contribution >= 0.6 is 15.2 Å². The molecule has 0 aromatic heterocycles. The van der Waals surface area contributed by atoms with Gasteiger partial charge in [0.25, 0.3) is 0 Å². The van der Waals surface area contributed by atoms with E-state index < -0.39 is 15.2 Å². The van der Waals surface area contributed by atoms with Gasteiger partial charge in [-0.2, -0.15) is 0 Å². The van der Waals surface area contributed by atoms with Crippen molar-refractivity contribution in [2.75, 3.05) is 0 Å². The summed E-state index contributed by atoms with van der Waals surface area (Å²) in [5, 5.41) is -0.748. The average Bonchev–Trinajstić information content (AvgIpc) is 2.27. The van der Waals surface area contributed by atoms with Crippen molar-refractivity contribution in [3.05, 3.63) is 10.6 Å². The lowest BCUT2D eigenvalue weighted by Crippen LogP contribution is -1.88. The van der Waals surface area contributed by atoms with E-state index in [9.17, 15) is 9.13 Å². The van der Waals surface area contributed by atoms with Crippen LogP contribution in [0, 0.1) is 0 Å². The van der Waals surface area contributed by atoms with Crippen LogP contribution in [0.25, 0.3) is 0 Å². The fourth-order valence-corrected chi connectivity index (χ4v) is 3.92. The predicted octanol–water partition coefficient (Wildman–Crippen LogP) is 0.737. The van der Waals surface area contributed by atoms with Crippen molar-refractivity contribution in [1.82, 2.24) is 0 Å². The molecule has 0 amide bonds. The molecule has 0 aromatic rings. The first-order valence-electron chi connectivity index (χ1n) is 3.57. The van der Waals surface area contributed by atoms with Crippen LogP contribution in [0.2, 0.25) is 0 Å². The van der Waals surface area contributed by atoms with Crippen LogP contribution in [0.4, 0.5) is 0 Å². The van der Waals surface area contributed by atoms with Gasteiger partial charge in [0.1, 0.15) is 0 Å². The van der Waals surface area contributed by atoms with Gasteiger partial charge in [-0.1, -0.05) is 0 Å². The molecule has 13 heavy (non-hydrogen) atoms. The second-order valence-corrected chi connectivity index (χ2v) is 6.09. The Morgan fingerprint density at radius 2 is 1.15 bits per heavy atom. The largest absolute Gasteiger partial charge is 0.352 e. The Morgan fingerprint density at radius 3 is 1.38 bits per heavy atom. The third-order valence-electron chi connectivity index (χ3n) is 1.86. The molecular formula is C5H10O6P2. The molecule has 6 nitrogen and oxygen atoms in total. The summed E-state index contributed by atoms with van der Waals surface area (Å²) in [7, 11) is -8.96. The summed E-state index contributed by atoms with van der Waals surface area (Å²) >= 11 is 0. The minimum Gasteiger partial charge on any atom is -0.321 e. The summed E-state index contributed by atoms with van der Waals surface area (Å²) < 4.78 is 21.6. The first-order valence-corrected chi connectivity index (χ1v) is 6.79. The van der Waals surface area contributed by atoms with E-state index in [1.165, 1.54) is 0 Å². The standard InChI is InChI=1S/C5H10O6P2/c6-12(7,8)4-2-1-3-5(4)13(9,10)11/h1-3H2,(H2,6,7,8)(H2,9,10,11). The molecule has 1 aliphatic rings. The number of rotatable bonds is 2. The van der Waals surface area contributed by atoms with E-state index >= 15 is 0 Å². The molecule has 0 aliphatic heterocycles. The molecule has 0 radical (unpaired) electrons. The van der Waals surface area contributed by atoms with E-state index in [1.807, 2.05) is 0 Å². The van der Waals surface area contributed by atoms with Crippen molar-refractivity contribution in [3.63, 3.8) is 0 Å². The Morgan fingerprint density at radius 1 is 0.846 bits per heavy atom. The molecule has 0 fully saturated rings. The van der Waals surface area contributed by atoms with Crippen LogP contribution in [0.1, 0.15) is 19.3 Å². The molecule has 0 atom stereocenters. The maximum absolute atomic E-state index is 10.8. The summed E-state index contributed by atoms with van der Waals surface area (Å²) in [6.45, 7) is 0. The second kappa shape index (κ2) is 3.31. The zero-order valence-corrected chi connectivity index (χ0v) is 8.41. The maximum Gasteiger partial charge on any atom is 0.352 e. The second-order valence-electron chi connectivity index (χ2n) is 2.83. The van der Waals surface area contributed by atoms with Gasteiger partial charge in [-0.3, -0.25) is 9.13 Å². The van der Waals surface area contributed by atoms with Crippen molar-refractivity contribution in [2.45, 2.75) is 19.3 Å². The summed E-state index contributed by atoms with van der Waals surface area (Å²) in [6.07, 6.45) is 0.538. The summed E-state index contributed by atoms with van der Waals surface area (Å²) in [5.74, 6) is 0. The van der Waals surface area contributed by atoms with Crippen molar-refractivity contribution in [1.29, 1.82) is 0 Å². The highest BCUT2D eigenvalue weighted by Crippen LogP contribution is 2.62. The van der Waals surface area contributed by atoms with Crippen molar-refractivity contribution < 1.29 is 28.7 Å². The van der Waals surface area contributed by atoms with Gasteiger partial charge < -0.3 is 19.6 Å². The minimum atomic E-state index is -4.48. The van der Waals surface area contributed by atoms with E-state index in [2.05, 4.69) is 0 Å². The van der Waals surface area contributed by atoms with Crippen LogP contribution in [0.5, 0.6) is 0 Å². The Hall–Kier alpha value is 0.0400. The lowest BCUT2D eigenvalue weighted by molar-refractivity contribution is 0.373. The van der Waals surface area contributed by atoms with E-state index in [1.54, 1.807) is 0 Å². The lowest BCUT2D eigenvalue weighted by atomic mass is 10.4. The normalized spacial score (nSPS) is 19.7. The molecule has 1 aliphatic carbocycles. The Balaban J connectivity index is 3.20. The van der Waals surface area contributed by atoms with Crippen LogP contribution < -0.4 is 0 Å². The third-order valence-corrected chi connectivity index (χ3v) is 4.43. The zero-order chi connectivity index (χ0) is 10.3. The molecule has 0 saturated heterocycles. The van der Waals surface area contributed by atoms with Crippen LogP contribution in [-0.4, -0.2) is 19.6 Å². The van der Waals surface area contributed by atoms with Crippen molar-refractivity contribution >= 4 is 15.2 Å². The van der Waals surface area contributed by atoms with Gasteiger partial charge in [0.2, 0.25) is 0 Å². The third kappa shape index (κ3) is 2.50. The molecule has 76 valence electrons. The number of hydrogen-bond donors (Lipinski definition) is 4. The van der Waals surface area contributed by atoms with Gasteiger partial charge in [0.15, 0.2) is 0 Å². The first kappa shape index (κ1) is 11.1. The average molecular weight is 228 g/mol. The van der Waals surface area contributed by atoms with Crippen LogP contribution in [0.3, 0.4) is 0 Å². The molecule has 0 unspecified atom stereocenters. The highest BCUT2D eigenvalue weighted by molar-refractivity contribution is 7.61. The summed E-state index contributed by atoms with van der Waals surface area (Å²) in [4.78, 5) is 35.0. The van der Waals surface area contributed by atoms with Gasteiger partial charge >= 0.3 is 15.2 Å². The minimum absolute atomic E-state index is 0.0741. The Bertz CT molecular complexity index is 301. The fourth-order valence-electron chi connectivity index (χ4n) is 1.34. The van der Waals surface area contributed by atoms with E-state index in [4.69, 9.17) is 19.6 Å². The maximum atomic E-state index is 10.8. The highest BCUT2D eigenvalue weighted by Gasteiger charge is 2.36. The van der Waals surface area contributed by atoms with Crippen molar-refractivity contribution in [3.8, 4) is 0 Å². The van der Waals surface area contributed by atoms with Gasteiger partial charge in [-0.15, -0.1) is 0 Å². The topological polar surface area (TPSA) is 115 Å². The Kier molecular flexibility index (Phi) is 2.83. The van der Waals surface area contributed by atoms with Crippen LogP contribution in [0.15, 0.2) is 10.6 Å². The fraction of sp³-hybridized carbons (Fsp3) is 0.600. The number of allylic oxidation sites excluding steroid dienone is 2. The molecule has 0 bridgehead atoms. The zero-order valence-electron chi connectivity index (χ0n) is 6.62. The quantitative estimate of drug-likeness (QED) is 0.518. The van der Waals surface area contributed by atoms with Gasteiger partial charge in [-0.05, 0) is 19.3 Å². The predicted molar refractivity (Wildman–Crippen MR) is 45.0 cm³/mol. The monoisotopic (exact) mass is 228 g/mol. The summed E-state index contributed by atoms with van der Waals surface area (Å²) in [6, 6.07) is 0. The van der Waals surface area contributed by atoms with E-state index in [0.717, 1.165) is 0 Å². The molecule has 0 spiro atoms. The van der Waals surface area contributed by atoms with Gasteiger partial charge in [0.05, 0.1) is 10.6 Å². The van der Waals surface area contributed by atoms with E-state index in [0.29, 0.717) is 6.42 Å². The summed E-state index contributed by atoms with van der Waals surface area (Å²) in [5.41, 5.74) is 0.